The van der Waals surface area contributed by atoms with Crippen molar-refractivity contribution in [1.82, 2.24) is 15.7 Å². The molecule has 86 valence electrons. The van der Waals surface area contributed by atoms with Crippen molar-refractivity contribution < 1.29 is 14.3 Å². The van der Waals surface area contributed by atoms with Gasteiger partial charge in [0.2, 0.25) is 0 Å². The zero-order valence-corrected chi connectivity index (χ0v) is 8.69. The lowest BCUT2D eigenvalue weighted by Crippen LogP contribution is -2.30. The van der Waals surface area contributed by atoms with Crippen LogP contribution in [0.2, 0.25) is 0 Å². The lowest BCUT2D eigenvalue weighted by Gasteiger charge is -2.05. The largest absolute Gasteiger partial charge is 0.445 e. The van der Waals surface area contributed by atoms with Gasteiger partial charge in [-0.25, -0.2) is 10.6 Å². The number of hydrazine groups is 1. The lowest BCUT2D eigenvalue weighted by molar-refractivity contribution is 0.0953. The third-order valence-corrected chi connectivity index (χ3v) is 1.76. The topological polar surface area (TPSA) is 106 Å². The van der Waals surface area contributed by atoms with Crippen LogP contribution in [0, 0.1) is 0 Å². The van der Waals surface area contributed by atoms with Crippen LogP contribution in [0.25, 0.3) is 0 Å². The van der Waals surface area contributed by atoms with Crippen LogP contribution in [0.3, 0.4) is 0 Å². The van der Waals surface area contributed by atoms with Gasteiger partial charge in [-0.1, -0.05) is 0 Å². The van der Waals surface area contributed by atoms with Gasteiger partial charge in [0.15, 0.2) is 0 Å². The van der Waals surface area contributed by atoms with Crippen LogP contribution in [-0.4, -0.2) is 24.0 Å². The molecular weight excluding hydrogens is 212 g/mol. The second-order valence-electron chi connectivity index (χ2n) is 2.88. The minimum Gasteiger partial charge on any atom is -0.445 e. The second kappa shape index (κ2) is 5.66. The number of carbonyl (C=O) groups is 2. The Bertz CT molecular complexity index is 394. The minimum absolute atomic E-state index is 0.0400. The third-order valence-electron chi connectivity index (χ3n) is 1.76. The number of alkyl carbamates (subject to hydrolysis) is 1. The summed E-state index contributed by atoms with van der Waals surface area (Å²) in [5, 5.41) is 2.30. The minimum atomic E-state index is -0.548. The molecular formula is C9H12N4O3. The van der Waals surface area contributed by atoms with Crippen molar-refractivity contribution in [3.63, 3.8) is 0 Å². The highest BCUT2D eigenvalue weighted by Gasteiger charge is 2.06. The maximum Gasteiger partial charge on any atom is 0.407 e. The summed E-state index contributed by atoms with van der Waals surface area (Å²) in [6.45, 7) is 0.0400. The number of rotatable bonds is 3. The fourth-order valence-corrected chi connectivity index (χ4v) is 0.995. The van der Waals surface area contributed by atoms with Gasteiger partial charge in [0, 0.05) is 25.0 Å². The Hall–Kier alpha value is -2.15. The molecule has 0 aromatic carbocycles. The molecule has 0 saturated carbocycles. The molecule has 1 aromatic rings. The Kier molecular flexibility index (Phi) is 4.22. The molecule has 0 saturated heterocycles. The van der Waals surface area contributed by atoms with E-state index < -0.39 is 12.0 Å². The molecule has 1 rings (SSSR count). The van der Waals surface area contributed by atoms with E-state index in [1.165, 1.54) is 25.5 Å². The zero-order chi connectivity index (χ0) is 12.0. The summed E-state index contributed by atoms with van der Waals surface area (Å²) in [6, 6.07) is 1.54. The molecule has 0 fully saturated rings. The Morgan fingerprint density at radius 1 is 1.50 bits per heavy atom. The monoisotopic (exact) mass is 224 g/mol. The average molecular weight is 224 g/mol. The van der Waals surface area contributed by atoms with Gasteiger partial charge >= 0.3 is 6.09 Å². The van der Waals surface area contributed by atoms with E-state index in [4.69, 9.17) is 10.6 Å². The van der Waals surface area contributed by atoms with E-state index in [1.54, 1.807) is 0 Å². The van der Waals surface area contributed by atoms with Gasteiger partial charge in [-0.2, -0.15) is 0 Å². The SMILES string of the molecule is CNC(=O)OCc1cncc(C(=O)NN)c1. The summed E-state index contributed by atoms with van der Waals surface area (Å²) in [5.41, 5.74) is 2.89. The third kappa shape index (κ3) is 3.21. The first kappa shape index (κ1) is 11.9. The highest BCUT2D eigenvalue weighted by molar-refractivity contribution is 5.93. The van der Waals surface area contributed by atoms with Gasteiger partial charge in [-0.05, 0) is 6.07 Å². The summed E-state index contributed by atoms with van der Waals surface area (Å²) in [4.78, 5) is 25.8. The van der Waals surface area contributed by atoms with Crippen molar-refractivity contribution in [2.24, 2.45) is 5.84 Å². The summed E-state index contributed by atoms with van der Waals surface area (Å²) in [5.74, 6) is 4.53. The van der Waals surface area contributed by atoms with Gasteiger partial charge < -0.3 is 10.1 Å². The molecule has 7 nitrogen and oxygen atoms in total. The molecule has 0 aliphatic rings. The smallest absolute Gasteiger partial charge is 0.407 e. The fraction of sp³-hybridized carbons (Fsp3) is 0.222. The zero-order valence-electron chi connectivity index (χ0n) is 8.69. The number of carbonyl (C=O) groups excluding carboxylic acids is 2. The molecule has 0 unspecified atom stereocenters. The molecule has 7 heteroatoms. The number of nitrogen functional groups attached to an aromatic ring is 1. The number of nitrogens with one attached hydrogen (secondary N) is 2. The Balaban J connectivity index is 2.67. The highest BCUT2D eigenvalue weighted by Crippen LogP contribution is 2.04. The molecule has 4 N–H and O–H groups in total. The van der Waals surface area contributed by atoms with E-state index >= 15 is 0 Å². The molecule has 1 heterocycles. The van der Waals surface area contributed by atoms with Gasteiger partial charge in [0.25, 0.3) is 5.91 Å². The average Bonchev–Trinajstić information content (AvgIpc) is 2.35. The molecule has 2 amide bonds. The summed E-state index contributed by atoms with van der Waals surface area (Å²) >= 11 is 0. The number of pyridine rings is 1. The van der Waals surface area contributed by atoms with Crippen LogP contribution < -0.4 is 16.6 Å². The van der Waals surface area contributed by atoms with E-state index in [1.807, 2.05) is 5.43 Å². The molecule has 16 heavy (non-hydrogen) atoms. The number of amides is 2. The van der Waals surface area contributed by atoms with Crippen molar-refractivity contribution >= 4 is 12.0 Å². The van der Waals surface area contributed by atoms with E-state index in [2.05, 4.69) is 10.3 Å². The van der Waals surface area contributed by atoms with E-state index in [9.17, 15) is 9.59 Å². The van der Waals surface area contributed by atoms with Gasteiger partial charge in [0.05, 0.1) is 5.56 Å². The molecule has 0 bridgehead atoms. The number of nitrogens with zero attached hydrogens (tertiary/aromatic N) is 1. The number of hydrogen-bond acceptors (Lipinski definition) is 5. The fourth-order valence-electron chi connectivity index (χ4n) is 0.995. The van der Waals surface area contributed by atoms with Crippen LogP contribution in [0.5, 0.6) is 0 Å². The van der Waals surface area contributed by atoms with Crippen molar-refractivity contribution in [2.75, 3.05) is 7.05 Å². The first-order valence-electron chi connectivity index (χ1n) is 4.46. The van der Waals surface area contributed by atoms with Crippen molar-refractivity contribution in [3.8, 4) is 0 Å². The number of ether oxygens (including phenoxy) is 1. The summed E-state index contributed by atoms with van der Waals surface area (Å²) in [6.07, 6.45) is 2.32. The first-order chi connectivity index (χ1) is 7.67. The van der Waals surface area contributed by atoms with Crippen LogP contribution in [0.4, 0.5) is 4.79 Å². The number of aromatic nitrogens is 1. The maximum atomic E-state index is 11.2. The van der Waals surface area contributed by atoms with E-state index in [0.29, 0.717) is 11.1 Å². The Morgan fingerprint density at radius 2 is 2.25 bits per heavy atom. The van der Waals surface area contributed by atoms with Gasteiger partial charge in [-0.3, -0.25) is 15.2 Å². The van der Waals surface area contributed by atoms with E-state index in [0.717, 1.165) is 0 Å². The molecule has 0 radical (unpaired) electrons. The molecule has 1 aromatic heterocycles. The van der Waals surface area contributed by atoms with Crippen LogP contribution in [0.1, 0.15) is 15.9 Å². The highest BCUT2D eigenvalue weighted by atomic mass is 16.5. The standard InChI is InChI=1S/C9H12N4O3/c1-11-9(15)16-5-6-2-7(4-12-3-6)8(14)13-10/h2-4H,5,10H2,1H3,(H,11,15)(H,13,14). The molecule has 0 atom stereocenters. The van der Waals surface area contributed by atoms with Crippen molar-refractivity contribution in [2.45, 2.75) is 6.61 Å². The Morgan fingerprint density at radius 3 is 2.88 bits per heavy atom. The van der Waals surface area contributed by atoms with Gasteiger partial charge in [0.1, 0.15) is 6.61 Å². The summed E-state index contributed by atoms with van der Waals surface area (Å²) in [7, 11) is 1.46. The van der Waals surface area contributed by atoms with E-state index in [-0.39, 0.29) is 6.61 Å². The summed E-state index contributed by atoms with van der Waals surface area (Å²) < 4.78 is 4.79. The van der Waals surface area contributed by atoms with Crippen molar-refractivity contribution in [3.05, 3.63) is 29.6 Å². The van der Waals surface area contributed by atoms with Crippen LogP contribution >= 0.6 is 0 Å². The normalized spacial score (nSPS) is 9.38. The quantitative estimate of drug-likeness (QED) is 0.366. The first-order valence-corrected chi connectivity index (χ1v) is 4.46. The molecule has 0 aliphatic carbocycles. The van der Waals surface area contributed by atoms with Crippen LogP contribution in [0.15, 0.2) is 18.5 Å². The predicted molar refractivity (Wildman–Crippen MR) is 55.1 cm³/mol. The second-order valence-corrected chi connectivity index (χ2v) is 2.88. The molecule has 0 aliphatic heterocycles. The Labute approximate surface area is 92.0 Å². The van der Waals surface area contributed by atoms with Gasteiger partial charge in [-0.15, -0.1) is 0 Å². The predicted octanol–water partition coefficient (Wildman–Crippen LogP) is -0.459. The van der Waals surface area contributed by atoms with Crippen molar-refractivity contribution in [1.29, 1.82) is 0 Å². The lowest BCUT2D eigenvalue weighted by atomic mass is 10.2. The maximum absolute atomic E-state index is 11.2. The van der Waals surface area contributed by atoms with Crippen LogP contribution in [-0.2, 0) is 11.3 Å². The molecule has 0 spiro atoms. The number of nitrogens with two attached hydrogens (primary N) is 1. The number of hydrogen-bond donors (Lipinski definition) is 3.